The normalized spacial score (nSPS) is 16.6. The molecule has 0 unspecified atom stereocenters. The Kier molecular flexibility index (Phi) is 9.24. The zero-order valence-corrected chi connectivity index (χ0v) is 11.1. The molecule has 0 aromatic rings. The summed E-state index contributed by atoms with van der Waals surface area (Å²) in [5.41, 5.74) is 0. The van der Waals surface area contributed by atoms with Crippen molar-refractivity contribution in [1.29, 1.82) is 0 Å². The molecule has 4 nitrogen and oxygen atoms in total. The molecule has 0 bridgehead atoms. The van der Waals surface area contributed by atoms with E-state index in [2.05, 4.69) is 31.1 Å². The lowest BCUT2D eigenvalue weighted by molar-refractivity contribution is -0.120. The molecule has 96 valence electrons. The molecule has 1 heterocycles. The zero-order chi connectivity index (χ0) is 12.4. The summed E-state index contributed by atoms with van der Waals surface area (Å²) in [5, 5.41) is 2.79. The molecule has 0 aliphatic carbocycles. The second-order valence-electron chi connectivity index (χ2n) is 4.47. The highest BCUT2D eigenvalue weighted by atomic mass is 16.5. The van der Waals surface area contributed by atoms with Crippen LogP contribution in [-0.4, -0.2) is 50.7 Å². The molecular weight excluding hydrogens is 204 g/mol. The molecular formula is C12H26N2O2. The number of carbonyl (C=O) groups excluding carboxylic acids is 1. The molecule has 1 N–H and O–H groups in total. The highest BCUT2D eigenvalue weighted by molar-refractivity contribution is 5.75. The molecule has 1 fully saturated rings. The topological polar surface area (TPSA) is 41.6 Å². The maximum atomic E-state index is 10.6. The van der Waals surface area contributed by atoms with Crippen molar-refractivity contribution >= 4 is 5.91 Å². The summed E-state index contributed by atoms with van der Waals surface area (Å²) in [6.45, 7) is 10.8. The molecule has 0 aromatic carbocycles. The number of nitrogens with zero attached hydrogens (tertiary/aromatic N) is 1. The van der Waals surface area contributed by atoms with Crippen LogP contribution < -0.4 is 5.32 Å². The van der Waals surface area contributed by atoms with Crippen LogP contribution in [0.1, 0.15) is 27.2 Å². The zero-order valence-electron chi connectivity index (χ0n) is 11.1. The third-order valence-corrected chi connectivity index (χ3v) is 2.26. The van der Waals surface area contributed by atoms with Gasteiger partial charge in [-0.25, -0.2) is 0 Å². The van der Waals surface area contributed by atoms with Crippen molar-refractivity contribution in [3.8, 4) is 0 Å². The van der Waals surface area contributed by atoms with E-state index in [-0.39, 0.29) is 5.91 Å². The molecule has 1 saturated heterocycles. The van der Waals surface area contributed by atoms with Gasteiger partial charge in [-0.15, -0.1) is 0 Å². The minimum Gasteiger partial charge on any atom is -0.379 e. The average molecular weight is 230 g/mol. The van der Waals surface area contributed by atoms with Gasteiger partial charge in [0.05, 0.1) is 13.2 Å². The van der Waals surface area contributed by atoms with E-state index < -0.39 is 0 Å². The fourth-order valence-corrected chi connectivity index (χ4v) is 1.10. The Morgan fingerprint density at radius 3 is 2.25 bits per heavy atom. The number of likely N-dealkylation sites (N-methyl/N-ethyl adjacent to an activating group) is 1. The van der Waals surface area contributed by atoms with Crippen molar-refractivity contribution in [2.45, 2.75) is 27.2 Å². The van der Waals surface area contributed by atoms with Crippen LogP contribution in [0.15, 0.2) is 0 Å². The maximum Gasteiger partial charge on any atom is 0.219 e. The van der Waals surface area contributed by atoms with Gasteiger partial charge in [-0.3, -0.25) is 4.79 Å². The largest absolute Gasteiger partial charge is 0.379 e. The van der Waals surface area contributed by atoms with Gasteiger partial charge in [-0.05, 0) is 13.0 Å². The lowest BCUT2D eigenvalue weighted by Crippen LogP contribution is -2.32. The number of nitrogens with one attached hydrogen (secondary N) is 1. The van der Waals surface area contributed by atoms with Crippen LogP contribution >= 0.6 is 0 Å². The Hall–Kier alpha value is -0.610. The standard InChI is InChI=1S/C7H15NO.C5H11NO/c1-4-7(9)8-5-6(2)3;1-6-2-4-7-5-3-6/h6H,4-5H2,1-3H3,(H,8,9);2-5H2,1H3. The Balaban J connectivity index is 0.000000288. The van der Waals surface area contributed by atoms with E-state index >= 15 is 0 Å². The summed E-state index contributed by atoms with van der Waals surface area (Å²) < 4.78 is 5.10. The molecule has 1 aliphatic heterocycles. The van der Waals surface area contributed by atoms with Crippen LogP contribution in [0, 0.1) is 5.92 Å². The first kappa shape index (κ1) is 15.4. The highest BCUT2D eigenvalue weighted by Gasteiger charge is 2.02. The van der Waals surface area contributed by atoms with Gasteiger partial charge in [0.15, 0.2) is 0 Å². The monoisotopic (exact) mass is 230 g/mol. The van der Waals surface area contributed by atoms with Gasteiger partial charge in [0.1, 0.15) is 0 Å². The maximum absolute atomic E-state index is 10.6. The van der Waals surface area contributed by atoms with Crippen LogP contribution in [0.2, 0.25) is 0 Å². The molecule has 4 heteroatoms. The third kappa shape index (κ3) is 9.93. The van der Waals surface area contributed by atoms with E-state index in [0.29, 0.717) is 12.3 Å². The number of hydrogen-bond donors (Lipinski definition) is 1. The van der Waals surface area contributed by atoms with Gasteiger partial charge in [0.2, 0.25) is 5.91 Å². The molecule has 0 radical (unpaired) electrons. The number of amides is 1. The quantitative estimate of drug-likeness (QED) is 0.790. The molecule has 0 aromatic heterocycles. The lowest BCUT2D eigenvalue weighted by Gasteiger charge is -2.21. The number of hydrogen-bond acceptors (Lipinski definition) is 3. The van der Waals surface area contributed by atoms with Gasteiger partial charge < -0.3 is 15.0 Å². The summed E-state index contributed by atoms with van der Waals surface area (Å²) in [6, 6.07) is 0. The van der Waals surface area contributed by atoms with Crippen molar-refractivity contribution in [3.05, 3.63) is 0 Å². The first-order chi connectivity index (χ1) is 7.56. The number of ether oxygens (including phenoxy) is 1. The SMILES string of the molecule is CCC(=O)NCC(C)C.CN1CCOCC1. The van der Waals surface area contributed by atoms with E-state index in [4.69, 9.17) is 4.74 Å². The summed E-state index contributed by atoms with van der Waals surface area (Å²) in [7, 11) is 2.11. The van der Waals surface area contributed by atoms with Crippen LogP contribution in [0.5, 0.6) is 0 Å². The van der Waals surface area contributed by atoms with Crippen LogP contribution in [0.3, 0.4) is 0 Å². The first-order valence-corrected chi connectivity index (χ1v) is 6.09. The van der Waals surface area contributed by atoms with E-state index in [0.717, 1.165) is 32.8 Å². The van der Waals surface area contributed by atoms with E-state index in [9.17, 15) is 4.79 Å². The predicted molar refractivity (Wildman–Crippen MR) is 66.5 cm³/mol. The Morgan fingerprint density at radius 1 is 1.38 bits per heavy atom. The number of rotatable bonds is 3. The molecule has 1 amide bonds. The van der Waals surface area contributed by atoms with E-state index in [1.54, 1.807) is 0 Å². The van der Waals surface area contributed by atoms with Crippen LogP contribution in [-0.2, 0) is 9.53 Å². The predicted octanol–water partition coefficient (Wildman–Crippen LogP) is 1.12. The lowest BCUT2D eigenvalue weighted by atomic mass is 10.2. The minimum absolute atomic E-state index is 0.142. The Morgan fingerprint density at radius 2 is 1.94 bits per heavy atom. The molecule has 0 saturated carbocycles. The van der Waals surface area contributed by atoms with Crippen LogP contribution in [0.4, 0.5) is 0 Å². The van der Waals surface area contributed by atoms with E-state index in [1.807, 2.05) is 6.92 Å². The molecule has 1 rings (SSSR count). The molecule has 0 atom stereocenters. The van der Waals surface area contributed by atoms with Gasteiger partial charge in [0, 0.05) is 26.1 Å². The number of carbonyl (C=O) groups is 1. The van der Waals surface area contributed by atoms with Crippen LogP contribution in [0.25, 0.3) is 0 Å². The van der Waals surface area contributed by atoms with E-state index in [1.165, 1.54) is 0 Å². The fourth-order valence-electron chi connectivity index (χ4n) is 1.10. The number of morpholine rings is 1. The summed E-state index contributed by atoms with van der Waals surface area (Å²) in [5.74, 6) is 0.698. The second kappa shape index (κ2) is 9.60. The van der Waals surface area contributed by atoms with Gasteiger partial charge in [0.25, 0.3) is 0 Å². The summed E-state index contributed by atoms with van der Waals surface area (Å²) in [6.07, 6.45) is 0.590. The van der Waals surface area contributed by atoms with Gasteiger partial charge in [-0.1, -0.05) is 20.8 Å². The highest BCUT2D eigenvalue weighted by Crippen LogP contribution is 1.89. The molecule has 1 aliphatic rings. The van der Waals surface area contributed by atoms with Crippen molar-refractivity contribution < 1.29 is 9.53 Å². The Bertz CT molecular complexity index is 178. The fraction of sp³-hybridized carbons (Fsp3) is 0.917. The summed E-state index contributed by atoms with van der Waals surface area (Å²) in [4.78, 5) is 12.9. The second-order valence-corrected chi connectivity index (χ2v) is 4.47. The first-order valence-electron chi connectivity index (χ1n) is 6.09. The summed E-state index contributed by atoms with van der Waals surface area (Å²) >= 11 is 0. The van der Waals surface area contributed by atoms with Crippen molar-refractivity contribution in [1.82, 2.24) is 10.2 Å². The van der Waals surface area contributed by atoms with Gasteiger partial charge >= 0.3 is 0 Å². The Labute approximate surface area is 99.3 Å². The smallest absolute Gasteiger partial charge is 0.219 e. The van der Waals surface area contributed by atoms with Gasteiger partial charge in [-0.2, -0.15) is 0 Å². The average Bonchev–Trinajstić information content (AvgIpc) is 2.27. The molecule has 0 spiro atoms. The van der Waals surface area contributed by atoms with Crippen molar-refractivity contribution in [2.75, 3.05) is 39.9 Å². The van der Waals surface area contributed by atoms with Crippen molar-refractivity contribution in [2.24, 2.45) is 5.92 Å². The van der Waals surface area contributed by atoms with Crippen molar-refractivity contribution in [3.63, 3.8) is 0 Å². The third-order valence-electron chi connectivity index (χ3n) is 2.26. The minimum atomic E-state index is 0.142. The molecule has 16 heavy (non-hydrogen) atoms.